The lowest BCUT2D eigenvalue weighted by Crippen LogP contribution is -2.32. The number of carbonyl (C=O) groups excluding carboxylic acids is 1. The van der Waals surface area contributed by atoms with E-state index in [0.29, 0.717) is 26.1 Å². The number of allylic oxidation sites excluding steroid dienone is 4. The molecule has 4 nitrogen and oxygen atoms in total. The predicted octanol–water partition coefficient (Wildman–Crippen LogP) is 4.50. The second kappa shape index (κ2) is 21.9. The van der Waals surface area contributed by atoms with Gasteiger partial charge in [-0.05, 0) is 38.5 Å². The Morgan fingerprint density at radius 2 is 1.46 bits per heavy atom. The Balaban J connectivity index is 3.25. The van der Waals surface area contributed by atoms with Crippen LogP contribution in [0.2, 0.25) is 0 Å². The van der Waals surface area contributed by atoms with Gasteiger partial charge in [0.1, 0.15) is 0 Å². The van der Waals surface area contributed by atoms with Crippen molar-refractivity contribution in [2.45, 2.75) is 84.0 Å². The Bertz CT molecular complexity index is 354. The summed E-state index contributed by atoms with van der Waals surface area (Å²) >= 11 is 0. The van der Waals surface area contributed by atoms with Crippen molar-refractivity contribution in [3.63, 3.8) is 0 Å². The average molecular weight is 367 g/mol. The summed E-state index contributed by atoms with van der Waals surface area (Å²) in [7, 11) is 0. The zero-order valence-electron chi connectivity index (χ0n) is 17.0. The number of rotatable bonds is 19. The fraction of sp³-hybridized carbons (Fsp3) is 0.773. The largest absolute Gasteiger partial charge is 0.395 e. The first kappa shape index (κ1) is 24.9. The van der Waals surface area contributed by atoms with Crippen molar-refractivity contribution in [3.05, 3.63) is 24.3 Å². The maximum absolute atomic E-state index is 11.6. The fourth-order valence-electron chi connectivity index (χ4n) is 2.68. The Kier molecular flexibility index (Phi) is 21.0. The van der Waals surface area contributed by atoms with Gasteiger partial charge in [0.25, 0.3) is 0 Å². The first-order valence-electron chi connectivity index (χ1n) is 10.7. The van der Waals surface area contributed by atoms with E-state index in [9.17, 15) is 4.79 Å². The van der Waals surface area contributed by atoms with Gasteiger partial charge in [-0.3, -0.25) is 4.79 Å². The van der Waals surface area contributed by atoms with E-state index in [1.807, 2.05) is 0 Å². The summed E-state index contributed by atoms with van der Waals surface area (Å²) < 4.78 is 0. The average Bonchev–Trinajstić information content (AvgIpc) is 2.64. The highest BCUT2D eigenvalue weighted by atomic mass is 16.3. The molecule has 0 heterocycles. The minimum Gasteiger partial charge on any atom is -0.395 e. The molecule has 3 N–H and O–H groups in total. The van der Waals surface area contributed by atoms with E-state index in [4.69, 9.17) is 5.11 Å². The predicted molar refractivity (Wildman–Crippen MR) is 112 cm³/mol. The summed E-state index contributed by atoms with van der Waals surface area (Å²) in [6.07, 6.45) is 23.0. The highest BCUT2D eigenvalue weighted by molar-refractivity contribution is 5.75. The Labute approximate surface area is 161 Å². The Morgan fingerprint density at radius 1 is 0.808 bits per heavy atom. The molecular weight excluding hydrogens is 324 g/mol. The molecule has 0 atom stereocenters. The van der Waals surface area contributed by atoms with E-state index >= 15 is 0 Å². The van der Waals surface area contributed by atoms with E-state index < -0.39 is 0 Å². The van der Waals surface area contributed by atoms with Crippen LogP contribution in [0.5, 0.6) is 0 Å². The first-order valence-corrected chi connectivity index (χ1v) is 10.7. The molecule has 0 aliphatic rings. The van der Waals surface area contributed by atoms with Crippen molar-refractivity contribution >= 4 is 5.91 Å². The second-order valence-corrected chi connectivity index (χ2v) is 6.80. The fourth-order valence-corrected chi connectivity index (χ4v) is 2.68. The van der Waals surface area contributed by atoms with Crippen LogP contribution >= 0.6 is 0 Å². The molecule has 0 rings (SSSR count). The number of hydrogen-bond donors (Lipinski definition) is 3. The van der Waals surface area contributed by atoms with Crippen molar-refractivity contribution in [1.29, 1.82) is 0 Å². The third-order valence-electron chi connectivity index (χ3n) is 4.27. The van der Waals surface area contributed by atoms with Crippen molar-refractivity contribution in [2.24, 2.45) is 0 Å². The number of hydrogen-bond acceptors (Lipinski definition) is 3. The van der Waals surface area contributed by atoms with Crippen LogP contribution in [-0.2, 0) is 4.79 Å². The molecule has 0 saturated heterocycles. The van der Waals surface area contributed by atoms with Crippen LogP contribution in [0.1, 0.15) is 84.0 Å². The lowest BCUT2D eigenvalue weighted by atomic mass is 10.1. The minimum absolute atomic E-state index is 0.139. The third kappa shape index (κ3) is 20.9. The lowest BCUT2D eigenvalue weighted by Gasteiger charge is -2.06. The molecule has 0 aliphatic heterocycles. The molecule has 1 amide bonds. The first-order chi connectivity index (χ1) is 12.8. The van der Waals surface area contributed by atoms with E-state index in [1.54, 1.807) is 0 Å². The lowest BCUT2D eigenvalue weighted by molar-refractivity contribution is -0.121. The molecule has 0 fully saturated rings. The van der Waals surface area contributed by atoms with Crippen LogP contribution in [-0.4, -0.2) is 37.3 Å². The van der Waals surface area contributed by atoms with Crippen LogP contribution in [0.15, 0.2) is 24.3 Å². The molecule has 0 aromatic heterocycles. The van der Waals surface area contributed by atoms with Crippen LogP contribution < -0.4 is 10.6 Å². The van der Waals surface area contributed by atoms with Gasteiger partial charge in [0.05, 0.1) is 6.61 Å². The Morgan fingerprint density at radius 3 is 2.15 bits per heavy atom. The van der Waals surface area contributed by atoms with E-state index in [2.05, 4.69) is 41.9 Å². The number of nitrogens with one attached hydrogen (secondary N) is 2. The van der Waals surface area contributed by atoms with Crippen molar-refractivity contribution in [1.82, 2.24) is 10.6 Å². The summed E-state index contributed by atoms with van der Waals surface area (Å²) in [6, 6.07) is 0. The highest BCUT2D eigenvalue weighted by Gasteiger charge is 1.99. The summed E-state index contributed by atoms with van der Waals surface area (Å²) in [5.41, 5.74) is 0. The molecule has 0 aliphatic carbocycles. The number of carbonyl (C=O) groups is 1. The monoisotopic (exact) mass is 366 g/mol. The van der Waals surface area contributed by atoms with Crippen molar-refractivity contribution in [3.8, 4) is 0 Å². The van der Waals surface area contributed by atoms with Crippen LogP contribution in [0.3, 0.4) is 0 Å². The molecule has 0 aromatic carbocycles. The number of amides is 1. The zero-order valence-corrected chi connectivity index (χ0v) is 17.0. The van der Waals surface area contributed by atoms with Gasteiger partial charge < -0.3 is 15.7 Å². The molecule has 0 radical (unpaired) electrons. The van der Waals surface area contributed by atoms with Crippen LogP contribution in [0.4, 0.5) is 0 Å². The van der Waals surface area contributed by atoms with Gasteiger partial charge in [-0.25, -0.2) is 0 Å². The maximum Gasteiger partial charge on any atom is 0.220 e. The molecule has 152 valence electrons. The molecule has 0 saturated carbocycles. The van der Waals surface area contributed by atoms with E-state index in [-0.39, 0.29) is 12.5 Å². The number of aliphatic hydroxyl groups is 1. The highest BCUT2D eigenvalue weighted by Crippen LogP contribution is 2.08. The number of aliphatic hydroxyl groups excluding tert-OH is 1. The van der Waals surface area contributed by atoms with Gasteiger partial charge in [-0.1, -0.05) is 63.3 Å². The number of unbranched alkanes of at least 4 members (excludes halogenated alkanes) is 8. The topological polar surface area (TPSA) is 61.4 Å². The van der Waals surface area contributed by atoms with Gasteiger partial charge in [0, 0.05) is 26.1 Å². The quantitative estimate of drug-likeness (QED) is 0.233. The summed E-state index contributed by atoms with van der Waals surface area (Å²) in [5, 5.41) is 14.6. The zero-order chi connectivity index (χ0) is 19.1. The van der Waals surface area contributed by atoms with Gasteiger partial charge in [-0.15, -0.1) is 0 Å². The molecule has 0 unspecified atom stereocenters. The van der Waals surface area contributed by atoms with Gasteiger partial charge in [-0.2, -0.15) is 0 Å². The normalized spacial score (nSPS) is 11.6. The van der Waals surface area contributed by atoms with E-state index in [0.717, 1.165) is 19.3 Å². The second-order valence-electron chi connectivity index (χ2n) is 6.80. The molecule has 0 spiro atoms. The molecule has 4 heteroatoms. The van der Waals surface area contributed by atoms with Crippen molar-refractivity contribution < 1.29 is 9.90 Å². The van der Waals surface area contributed by atoms with Crippen molar-refractivity contribution in [2.75, 3.05) is 26.2 Å². The molecular formula is C22H42N2O2. The summed E-state index contributed by atoms with van der Waals surface area (Å²) in [4.78, 5) is 11.6. The minimum atomic E-state index is 0.139. The van der Waals surface area contributed by atoms with E-state index in [1.165, 1.54) is 51.4 Å². The summed E-state index contributed by atoms with van der Waals surface area (Å²) in [6.45, 7) is 4.32. The standard InChI is InChI=1S/C22H42N2O2/c1-2-3-4-5-6-7-8-9-10-11-12-13-14-15-16-17-22(26)24-19-18-23-20-21-25/h6-7,9-10,23,25H,2-5,8,11-21H2,1H3,(H,24,26). The van der Waals surface area contributed by atoms with Gasteiger partial charge in [0.15, 0.2) is 0 Å². The summed E-state index contributed by atoms with van der Waals surface area (Å²) in [5.74, 6) is 0.140. The third-order valence-corrected chi connectivity index (χ3v) is 4.27. The molecule has 0 aromatic rings. The van der Waals surface area contributed by atoms with Crippen LogP contribution in [0, 0.1) is 0 Å². The van der Waals surface area contributed by atoms with Crippen LogP contribution in [0.25, 0.3) is 0 Å². The Hall–Kier alpha value is -1.13. The molecule has 0 bridgehead atoms. The molecule has 26 heavy (non-hydrogen) atoms. The maximum atomic E-state index is 11.6. The SMILES string of the molecule is CCCCCC=CCC=CCCCCCCCC(=O)NCCNCCO. The van der Waals surface area contributed by atoms with Gasteiger partial charge >= 0.3 is 0 Å². The smallest absolute Gasteiger partial charge is 0.220 e. The van der Waals surface area contributed by atoms with Gasteiger partial charge in [0.2, 0.25) is 5.91 Å².